The van der Waals surface area contributed by atoms with Crippen LogP contribution in [0.2, 0.25) is 5.02 Å². The number of anilines is 2. The zero-order chi connectivity index (χ0) is 31.7. The molecule has 0 N–H and O–H groups in total. The lowest BCUT2D eigenvalue weighted by atomic mass is 9.86. The Kier molecular flexibility index (Phi) is 8.82. The van der Waals surface area contributed by atoms with E-state index in [1.807, 2.05) is 32.3 Å². The molecule has 3 aromatic rings. The molecular weight excluding hydrogens is 597 g/mol. The fourth-order valence-corrected chi connectivity index (χ4v) is 6.97. The third-order valence-electron chi connectivity index (χ3n) is 8.75. The van der Waals surface area contributed by atoms with Crippen LogP contribution >= 0.6 is 11.6 Å². The largest absolute Gasteiger partial charge is 0.463 e. The number of ether oxygens (including phenoxy) is 2. The summed E-state index contributed by atoms with van der Waals surface area (Å²) in [5.41, 5.74) is 2.76. The highest BCUT2D eigenvalue weighted by Gasteiger charge is 2.41. The Bertz CT molecular complexity index is 1650. The van der Waals surface area contributed by atoms with E-state index in [-0.39, 0.29) is 24.5 Å². The van der Waals surface area contributed by atoms with Gasteiger partial charge in [-0.25, -0.2) is 11.0 Å². The number of hydrogen-bond acceptors (Lipinski definition) is 8. The number of carbonyl (C=O) groups is 1. The second kappa shape index (κ2) is 12.8. The Hall–Kier alpha value is -3.98. The van der Waals surface area contributed by atoms with Gasteiger partial charge in [0.1, 0.15) is 18.5 Å². The van der Waals surface area contributed by atoms with E-state index < -0.39 is 17.8 Å². The van der Waals surface area contributed by atoms with Gasteiger partial charge in [-0.3, -0.25) is 4.79 Å². The molecule has 4 heterocycles. The van der Waals surface area contributed by atoms with Gasteiger partial charge in [0.25, 0.3) is 5.91 Å². The molecule has 6 rings (SSSR count). The van der Waals surface area contributed by atoms with Crippen LogP contribution in [0.4, 0.5) is 15.9 Å². The van der Waals surface area contributed by atoms with Crippen LogP contribution in [0.5, 0.6) is 6.01 Å². The number of piperazine rings is 1. The summed E-state index contributed by atoms with van der Waals surface area (Å²) in [7, 11) is 4.06. The number of aromatic nitrogens is 2. The monoisotopic (exact) mass is 633 g/mol. The van der Waals surface area contributed by atoms with Crippen molar-refractivity contribution < 1.29 is 18.7 Å². The van der Waals surface area contributed by atoms with Crippen molar-refractivity contribution in [1.82, 2.24) is 19.8 Å². The molecule has 0 saturated carbocycles. The third-order valence-corrected chi connectivity index (χ3v) is 9.06. The standard InChI is InChI=1S/C33H37ClFN7O3/c1-22(35)31(43)42-14-13-41(16-24(42)15-36-2)30-25-11-12-40(28-10-6-8-23-7-5-9-26(34)29(23)28)17-27(25)37-32(38-30)45-21-33(18-39(3)4)19-44-20-33/h5-10,24H,1,11-21H2,3-4H3/t24-/m0/s1. The molecule has 0 spiro atoms. The second-order valence-electron chi connectivity index (χ2n) is 12.4. The van der Waals surface area contributed by atoms with E-state index >= 15 is 0 Å². The molecule has 45 heavy (non-hydrogen) atoms. The molecule has 2 fully saturated rings. The fourth-order valence-electron chi connectivity index (χ4n) is 6.69. The lowest BCUT2D eigenvalue weighted by Crippen LogP contribution is -2.57. The minimum absolute atomic E-state index is 0.0504. The summed E-state index contributed by atoms with van der Waals surface area (Å²) in [4.78, 5) is 33.9. The van der Waals surface area contributed by atoms with E-state index in [1.54, 1.807) is 0 Å². The molecule has 0 aliphatic carbocycles. The number of hydrogen-bond donors (Lipinski definition) is 0. The van der Waals surface area contributed by atoms with E-state index in [9.17, 15) is 9.18 Å². The molecule has 3 aliphatic rings. The number of nitrogens with zero attached hydrogens (tertiary/aromatic N) is 7. The van der Waals surface area contributed by atoms with Crippen molar-refractivity contribution in [3.05, 3.63) is 76.5 Å². The van der Waals surface area contributed by atoms with Gasteiger partial charge in [-0.05, 0) is 38.0 Å². The molecule has 1 aromatic heterocycles. The zero-order valence-electron chi connectivity index (χ0n) is 25.6. The number of amides is 1. The Balaban J connectivity index is 1.34. The summed E-state index contributed by atoms with van der Waals surface area (Å²) in [5, 5.41) is 2.77. The van der Waals surface area contributed by atoms with Crippen molar-refractivity contribution in [2.24, 2.45) is 5.41 Å². The highest BCUT2D eigenvalue weighted by atomic mass is 35.5. The Morgan fingerprint density at radius 3 is 2.67 bits per heavy atom. The molecule has 1 amide bonds. The summed E-state index contributed by atoms with van der Waals surface area (Å²) in [6.45, 7) is 15.4. The van der Waals surface area contributed by atoms with Gasteiger partial charge in [0, 0.05) is 49.4 Å². The minimum Gasteiger partial charge on any atom is -0.463 e. The summed E-state index contributed by atoms with van der Waals surface area (Å²) in [6.07, 6.45) is 0.679. The lowest BCUT2D eigenvalue weighted by Gasteiger charge is -2.43. The predicted molar refractivity (Wildman–Crippen MR) is 172 cm³/mol. The maximum atomic E-state index is 13.8. The van der Waals surface area contributed by atoms with Crippen LogP contribution in [0.1, 0.15) is 11.3 Å². The molecule has 3 aliphatic heterocycles. The van der Waals surface area contributed by atoms with Crippen LogP contribution in [0, 0.1) is 12.0 Å². The Morgan fingerprint density at radius 2 is 1.98 bits per heavy atom. The van der Waals surface area contributed by atoms with Crippen LogP contribution in [0.15, 0.2) is 48.8 Å². The van der Waals surface area contributed by atoms with Gasteiger partial charge in [0.15, 0.2) is 5.83 Å². The molecular formula is C33H37ClFN7O3. The Morgan fingerprint density at radius 1 is 1.20 bits per heavy atom. The number of fused-ring (bicyclic) bond motifs is 2. The molecule has 10 nitrogen and oxygen atoms in total. The van der Waals surface area contributed by atoms with Crippen LogP contribution in [0.3, 0.4) is 0 Å². The van der Waals surface area contributed by atoms with Crippen molar-refractivity contribution >= 4 is 39.8 Å². The second-order valence-corrected chi connectivity index (χ2v) is 12.8. The lowest BCUT2D eigenvalue weighted by molar-refractivity contribution is -0.140. The van der Waals surface area contributed by atoms with Gasteiger partial charge in [-0.15, -0.1) is 0 Å². The van der Waals surface area contributed by atoms with Crippen molar-refractivity contribution in [3.63, 3.8) is 0 Å². The van der Waals surface area contributed by atoms with Gasteiger partial charge >= 0.3 is 6.01 Å². The SMILES string of the molecule is [C-]#[N+]C[C@H]1CN(c2nc(OCC3(CN(C)C)COC3)nc3c2CCN(c2cccc4cccc(Cl)c24)C3)CCN1C(=O)C(=C)F. The summed E-state index contributed by atoms with van der Waals surface area (Å²) >= 11 is 6.70. The number of rotatable bonds is 9. The van der Waals surface area contributed by atoms with Crippen molar-refractivity contribution in [2.75, 3.05) is 83.0 Å². The molecule has 0 bridgehead atoms. The van der Waals surface area contributed by atoms with Gasteiger partial charge in [-0.1, -0.05) is 42.4 Å². The Labute approximate surface area is 267 Å². The first-order valence-electron chi connectivity index (χ1n) is 15.1. The van der Waals surface area contributed by atoms with Crippen LogP contribution in [0.25, 0.3) is 15.6 Å². The van der Waals surface area contributed by atoms with Crippen LogP contribution in [-0.4, -0.2) is 105 Å². The van der Waals surface area contributed by atoms with E-state index in [1.165, 1.54) is 4.90 Å². The summed E-state index contributed by atoms with van der Waals surface area (Å²) < 4.78 is 25.7. The number of carbonyl (C=O) groups excluding carboxylic acids is 1. The molecule has 0 radical (unpaired) electrons. The van der Waals surface area contributed by atoms with E-state index in [0.717, 1.165) is 46.6 Å². The molecule has 12 heteroatoms. The molecule has 2 saturated heterocycles. The zero-order valence-corrected chi connectivity index (χ0v) is 26.4. The van der Waals surface area contributed by atoms with Crippen LogP contribution < -0.4 is 14.5 Å². The van der Waals surface area contributed by atoms with Crippen molar-refractivity contribution in [3.8, 4) is 6.01 Å². The van der Waals surface area contributed by atoms with E-state index in [2.05, 4.69) is 44.3 Å². The first-order chi connectivity index (χ1) is 21.7. The summed E-state index contributed by atoms with van der Waals surface area (Å²) in [5.74, 6) is -1.05. The molecule has 1 atom stereocenters. The normalized spacial score (nSPS) is 19.2. The third kappa shape index (κ3) is 6.27. The van der Waals surface area contributed by atoms with Crippen molar-refractivity contribution in [1.29, 1.82) is 0 Å². The quantitative estimate of drug-likeness (QED) is 0.256. The van der Waals surface area contributed by atoms with E-state index in [4.69, 9.17) is 37.6 Å². The maximum Gasteiger partial charge on any atom is 0.318 e. The molecule has 0 unspecified atom stereocenters. The maximum absolute atomic E-state index is 13.8. The highest BCUT2D eigenvalue weighted by Crippen LogP contribution is 2.38. The molecule has 2 aromatic carbocycles. The van der Waals surface area contributed by atoms with E-state index in [0.29, 0.717) is 50.9 Å². The van der Waals surface area contributed by atoms with Gasteiger partial charge in [-0.2, -0.15) is 9.97 Å². The van der Waals surface area contributed by atoms with Gasteiger partial charge < -0.3 is 33.9 Å². The van der Waals surface area contributed by atoms with Crippen LogP contribution in [-0.2, 0) is 22.5 Å². The smallest absolute Gasteiger partial charge is 0.318 e. The first-order valence-corrected chi connectivity index (χ1v) is 15.5. The van der Waals surface area contributed by atoms with Gasteiger partial charge in [0.05, 0.1) is 35.9 Å². The number of benzene rings is 2. The first kappa shape index (κ1) is 31.0. The fraction of sp³-hybridized carbons (Fsp3) is 0.455. The highest BCUT2D eigenvalue weighted by molar-refractivity contribution is 6.36. The summed E-state index contributed by atoms with van der Waals surface area (Å²) in [6, 6.07) is 11.9. The minimum atomic E-state index is -1.02. The average Bonchev–Trinajstić information content (AvgIpc) is 3.01. The van der Waals surface area contributed by atoms with Crippen molar-refractivity contribution in [2.45, 2.75) is 19.0 Å². The number of halogens is 2. The predicted octanol–water partition coefficient (Wildman–Crippen LogP) is 4.22. The topological polar surface area (TPSA) is 78.6 Å². The van der Waals surface area contributed by atoms with Gasteiger partial charge in [0.2, 0.25) is 6.54 Å². The molecule has 236 valence electrons. The average molecular weight is 634 g/mol.